The highest BCUT2D eigenvalue weighted by Crippen LogP contribution is 2.31. The van der Waals surface area contributed by atoms with Crippen LogP contribution in [0.25, 0.3) is 0 Å². The summed E-state index contributed by atoms with van der Waals surface area (Å²) in [5.41, 5.74) is 3.23. The fourth-order valence-electron chi connectivity index (χ4n) is 1.77. The van der Waals surface area contributed by atoms with E-state index in [0.29, 0.717) is 0 Å². The van der Waals surface area contributed by atoms with Crippen LogP contribution in [0.1, 0.15) is 5.56 Å². The maximum atomic E-state index is 12.9. The van der Waals surface area contributed by atoms with Crippen LogP contribution in [-0.2, 0) is 5.33 Å². The number of hydrogen-bond donors (Lipinski definition) is 0. The molecule has 0 N–H and O–H groups in total. The predicted molar refractivity (Wildman–Crippen MR) is 81.2 cm³/mol. The van der Waals surface area contributed by atoms with E-state index in [1.54, 1.807) is 12.1 Å². The molecule has 0 spiro atoms. The number of halogens is 3. The molecule has 0 atom stereocenters. The van der Waals surface area contributed by atoms with E-state index in [-0.39, 0.29) is 5.82 Å². The highest BCUT2D eigenvalue weighted by atomic mass is 79.9. The summed E-state index contributed by atoms with van der Waals surface area (Å²) in [7, 11) is 1.97. The predicted octanol–water partition coefficient (Wildman–Crippen LogP) is 5.25. The molecule has 4 heteroatoms. The molecule has 0 fully saturated rings. The van der Waals surface area contributed by atoms with E-state index in [9.17, 15) is 4.39 Å². The molecule has 0 bridgehead atoms. The number of anilines is 2. The number of nitrogens with zero attached hydrogens (tertiary/aromatic N) is 1. The van der Waals surface area contributed by atoms with E-state index < -0.39 is 0 Å². The summed E-state index contributed by atoms with van der Waals surface area (Å²) in [5, 5.41) is 0.779. The molecule has 94 valence electrons. The van der Waals surface area contributed by atoms with Crippen molar-refractivity contribution < 1.29 is 4.39 Å². The third kappa shape index (κ3) is 2.93. The van der Waals surface area contributed by atoms with E-state index in [0.717, 1.165) is 21.2 Å². The monoisotopic (exact) mass is 371 g/mol. The Morgan fingerprint density at radius 2 is 1.78 bits per heavy atom. The Bertz CT molecular complexity index is 540. The lowest BCUT2D eigenvalue weighted by molar-refractivity contribution is 0.628. The molecule has 0 aliphatic heterocycles. The normalized spacial score (nSPS) is 10.4. The lowest BCUT2D eigenvalue weighted by Gasteiger charge is -2.22. The van der Waals surface area contributed by atoms with E-state index >= 15 is 0 Å². The maximum Gasteiger partial charge on any atom is 0.123 e. The first-order valence-electron chi connectivity index (χ1n) is 5.45. The van der Waals surface area contributed by atoms with Crippen molar-refractivity contribution in [2.24, 2.45) is 0 Å². The van der Waals surface area contributed by atoms with Crippen LogP contribution >= 0.6 is 31.9 Å². The minimum atomic E-state index is -0.220. The summed E-state index contributed by atoms with van der Waals surface area (Å²) >= 11 is 6.96. The lowest BCUT2D eigenvalue weighted by Crippen LogP contribution is -2.11. The van der Waals surface area contributed by atoms with Crippen molar-refractivity contribution >= 4 is 43.2 Å². The Hall–Kier alpha value is -0.870. The third-order valence-corrected chi connectivity index (χ3v) is 3.86. The van der Waals surface area contributed by atoms with Gasteiger partial charge in [-0.2, -0.15) is 0 Å². The molecule has 2 rings (SSSR count). The average molecular weight is 373 g/mol. The summed E-state index contributed by atoms with van der Waals surface area (Å²) in [6.07, 6.45) is 0. The van der Waals surface area contributed by atoms with Gasteiger partial charge in [0, 0.05) is 28.2 Å². The zero-order chi connectivity index (χ0) is 13.1. The van der Waals surface area contributed by atoms with Gasteiger partial charge in [-0.05, 0) is 42.0 Å². The zero-order valence-electron chi connectivity index (χ0n) is 9.83. The molecule has 0 amide bonds. The zero-order valence-corrected chi connectivity index (χ0v) is 13.0. The Balaban J connectivity index is 2.41. The van der Waals surface area contributed by atoms with Crippen molar-refractivity contribution in [3.8, 4) is 0 Å². The second kappa shape index (κ2) is 5.85. The molecule has 2 aromatic carbocycles. The Morgan fingerprint density at radius 3 is 2.39 bits per heavy atom. The van der Waals surface area contributed by atoms with Crippen LogP contribution in [0.3, 0.4) is 0 Å². The van der Waals surface area contributed by atoms with Gasteiger partial charge in [-0.3, -0.25) is 0 Å². The second-order valence-corrected chi connectivity index (χ2v) is 5.42. The summed E-state index contributed by atoms with van der Waals surface area (Å²) in [4.78, 5) is 2.04. The Morgan fingerprint density at radius 1 is 1.11 bits per heavy atom. The van der Waals surface area contributed by atoms with E-state index in [2.05, 4.69) is 44.0 Å². The van der Waals surface area contributed by atoms with Crippen LogP contribution in [0.15, 0.2) is 46.9 Å². The molecule has 0 saturated carbocycles. The number of alkyl halides is 1. The van der Waals surface area contributed by atoms with Gasteiger partial charge in [0.1, 0.15) is 5.82 Å². The van der Waals surface area contributed by atoms with E-state index in [4.69, 9.17) is 0 Å². The molecule has 18 heavy (non-hydrogen) atoms. The average Bonchev–Trinajstić information content (AvgIpc) is 2.39. The van der Waals surface area contributed by atoms with Gasteiger partial charge in [-0.25, -0.2) is 4.39 Å². The second-order valence-electron chi connectivity index (χ2n) is 3.94. The van der Waals surface area contributed by atoms with Gasteiger partial charge in [-0.15, -0.1) is 0 Å². The van der Waals surface area contributed by atoms with Crippen LogP contribution in [0.4, 0.5) is 15.8 Å². The van der Waals surface area contributed by atoms with Crippen molar-refractivity contribution in [3.63, 3.8) is 0 Å². The lowest BCUT2D eigenvalue weighted by atomic mass is 10.1. The van der Waals surface area contributed by atoms with Gasteiger partial charge in [-0.1, -0.05) is 37.9 Å². The highest BCUT2D eigenvalue weighted by molar-refractivity contribution is 9.10. The molecule has 0 aliphatic carbocycles. The Labute approximate surface area is 123 Å². The molecule has 0 aliphatic rings. The van der Waals surface area contributed by atoms with Gasteiger partial charge in [0.2, 0.25) is 0 Å². The van der Waals surface area contributed by atoms with E-state index in [1.165, 1.54) is 17.7 Å². The van der Waals surface area contributed by atoms with Crippen LogP contribution in [-0.4, -0.2) is 7.05 Å². The van der Waals surface area contributed by atoms with Gasteiger partial charge < -0.3 is 4.90 Å². The summed E-state index contributed by atoms with van der Waals surface area (Å²) in [6, 6.07) is 12.6. The van der Waals surface area contributed by atoms with Crippen molar-refractivity contribution in [1.29, 1.82) is 0 Å². The van der Waals surface area contributed by atoms with Crippen LogP contribution in [0, 0.1) is 5.82 Å². The van der Waals surface area contributed by atoms with Gasteiger partial charge in [0.05, 0.1) is 0 Å². The Kier molecular flexibility index (Phi) is 4.40. The van der Waals surface area contributed by atoms with Crippen molar-refractivity contribution in [3.05, 3.63) is 58.3 Å². The topological polar surface area (TPSA) is 3.24 Å². The first-order chi connectivity index (χ1) is 8.61. The molecular formula is C14H12Br2FN. The molecule has 0 unspecified atom stereocenters. The van der Waals surface area contributed by atoms with Gasteiger partial charge >= 0.3 is 0 Å². The molecule has 1 nitrogen and oxygen atoms in total. The number of hydrogen-bond acceptors (Lipinski definition) is 1. The molecule has 0 heterocycles. The van der Waals surface area contributed by atoms with E-state index in [1.807, 2.05) is 18.0 Å². The minimum Gasteiger partial charge on any atom is -0.344 e. The van der Waals surface area contributed by atoms with Crippen molar-refractivity contribution in [2.45, 2.75) is 5.33 Å². The standard InChI is InChI=1S/C14H12Br2FN/c1-18(13-6-4-12(17)5-7-13)14-8-11(16)3-2-10(14)9-15/h2-8H,9H2,1H3. The maximum absolute atomic E-state index is 12.9. The largest absolute Gasteiger partial charge is 0.344 e. The number of rotatable bonds is 3. The molecule has 0 radical (unpaired) electrons. The molecular weight excluding hydrogens is 361 g/mol. The fraction of sp³-hybridized carbons (Fsp3) is 0.143. The highest BCUT2D eigenvalue weighted by Gasteiger charge is 2.09. The first-order valence-corrected chi connectivity index (χ1v) is 7.37. The molecule has 2 aromatic rings. The van der Waals surface area contributed by atoms with Crippen LogP contribution in [0.5, 0.6) is 0 Å². The van der Waals surface area contributed by atoms with Crippen molar-refractivity contribution in [1.82, 2.24) is 0 Å². The quantitative estimate of drug-likeness (QED) is 0.665. The van der Waals surface area contributed by atoms with Crippen LogP contribution in [0.2, 0.25) is 0 Å². The first kappa shape index (κ1) is 13.6. The smallest absolute Gasteiger partial charge is 0.123 e. The van der Waals surface area contributed by atoms with Crippen LogP contribution < -0.4 is 4.90 Å². The molecule has 0 aromatic heterocycles. The van der Waals surface area contributed by atoms with Gasteiger partial charge in [0.25, 0.3) is 0 Å². The SMILES string of the molecule is CN(c1ccc(F)cc1)c1cc(Br)ccc1CBr. The summed E-state index contributed by atoms with van der Waals surface area (Å²) < 4.78 is 14.0. The minimum absolute atomic E-state index is 0.220. The summed E-state index contributed by atoms with van der Waals surface area (Å²) in [6.45, 7) is 0. The third-order valence-electron chi connectivity index (χ3n) is 2.77. The summed E-state index contributed by atoms with van der Waals surface area (Å²) in [5.74, 6) is -0.220. The molecule has 0 saturated heterocycles. The fourth-order valence-corrected chi connectivity index (χ4v) is 2.59. The van der Waals surface area contributed by atoms with Crippen molar-refractivity contribution in [2.75, 3.05) is 11.9 Å². The van der Waals surface area contributed by atoms with Gasteiger partial charge in [0.15, 0.2) is 0 Å². The number of benzene rings is 2.